The number of nitrogens with zero attached hydrogens (tertiary/aromatic N) is 7. The van der Waals surface area contributed by atoms with E-state index in [-0.39, 0.29) is 0 Å². The number of ether oxygens (including phenoxy) is 1. The van der Waals surface area contributed by atoms with E-state index in [0.717, 1.165) is 44.9 Å². The Bertz CT molecular complexity index is 1580. The molecule has 0 bridgehead atoms. The van der Waals surface area contributed by atoms with Crippen molar-refractivity contribution in [2.75, 3.05) is 5.73 Å². The first-order chi connectivity index (χ1) is 16.7. The van der Waals surface area contributed by atoms with Crippen LogP contribution in [0.4, 0.5) is 5.82 Å². The van der Waals surface area contributed by atoms with Crippen molar-refractivity contribution in [2.45, 2.75) is 0 Å². The average Bonchev–Trinajstić information content (AvgIpc) is 3.54. The number of hydrogen-bond donors (Lipinski definition) is 2. The Kier molecular flexibility index (Phi) is 4.66. The normalized spacial score (nSPS) is 11.1. The van der Waals surface area contributed by atoms with Crippen molar-refractivity contribution in [1.82, 2.24) is 40.4 Å². The zero-order valence-electron chi connectivity index (χ0n) is 17.7. The van der Waals surface area contributed by atoms with E-state index in [9.17, 15) is 0 Å². The maximum absolute atomic E-state index is 6.19. The van der Waals surface area contributed by atoms with Gasteiger partial charge in [-0.25, -0.2) is 4.68 Å². The highest BCUT2D eigenvalue weighted by atomic mass is 16.5. The van der Waals surface area contributed by atoms with Crippen molar-refractivity contribution in [2.24, 2.45) is 0 Å². The lowest BCUT2D eigenvalue weighted by Gasteiger charge is -2.08. The Balaban J connectivity index is 1.36. The van der Waals surface area contributed by atoms with Crippen LogP contribution in [0.2, 0.25) is 0 Å². The number of anilines is 1. The maximum atomic E-state index is 6.19. The first kappa shape index (κ1) is 19.6. The largest absolute Gasteiger partial charge is 0.457 e. The Hall–Kier alpha value is -5.12. The molecule has 0 atom stereocenters. The number of hydrogen-bond acceptors (Lipinski definition) is 8. The van der Waals surface area contributed by atoms with E-state index in [1.54, 1.807) is 23.3 Å². The number of aromatic nitrogens is 8. The van der Waals surface area contributed by atoms with Gasteiger partial charge in [0.1, 0.15) is 11.5 Å². The monoisotopic (exact) mass is 447 g/mol. The van der Waals surface area contributed by atoms with Crippen molar-refractivity contribution in [1.29, 1.82) is 0 Å². The standard InChI is InChI=1S/C24H17N9O/c25-23-20-14-27-21(15-10-16(13-26-12-15)24-28-31-32-29-24)11-22(20)33(30-23)17-6-8-19(9-7-17)34-18-4-2-1-3-5-18/h1-14H,(H2,25,30)(H,28,29,31,32). The van der Waals surface area contributed by atoms with Crippen LogP contribution in [0, 0.1) is 0 Å². The molecule has 0 aliphatic carbocycles. The summed E-state index contributed by atoms with van der Waals surface area (Å²) in [7, 11) is 0. The fraction of sp³-hybridized carbons (Fsp3) is 0. The molecule has 0 radical (unpaired) electrons. The lowest BCUT2D eigenvalue weighted by molar-refractivity contribution is 0.482. The Morgan fingerprint density at radius 3 is 2.44 bits per heavy atom. The molecular formula is C24H17N9O. The second kappa shape index (κ2) is 8.10. The zero-order valence-corrected chi connectivity index (χ0v) is 17.7. The molecule has 6 aromatic rings. The molecule has 164 valence electrons. The van der Waals surface area contributed by atoms with Gasteiger partial charge in [-0.1, -0.05) is 18.2 Å². The third-order valence-corrected chi connectivity index (χ3v) is 5.29. The number of pyridine rings is 2. The molecule has 0 aliphatic heterocycles. The first-order valence-corrected chi connectivity index (χ1v) is 10.4. The molecule has 10 heteroatoms. The molecule has 2 aromatic carbocycles. The summed E-state index contributed by atoms with van der Waals surface area (Å²) >= 11 is 0. The fourth-order valence-corrected chi connectivity index (χ4v) is 3.65. The number of nitrogen functional groups attached to an aromatic ring is 1. The lowest BCUT2D eigenvalue weighted by atomic mass is 10.1. The van der Waals surface area contributed by atoms with Gasteiger partial charge in [0.2, 0.25) is 5.82 Å². The predicted octanol–water partition coefficient (Wildman–Crippen LogP) is 4.04. The average molecular weight is 447 g/mol. The predicted molar refractivity (Wildman–Crippen MR) is 126 cm³/mol. The number of nitrogens with two attached hydrogens (primary N) is 1. The van der Waals surface area contributed by atoms with Crippen LogP contribution in [-0.4, -0.2) is 40.4 Å². The van der Waals surface area contributed by atoms with E-state index in [2.05, 4.69) is 35.7 Å². The van der Waals surface area contributed by atoms with Crippen LogP contribution in [0.25, 0.3) is 39.2 Å². The molecule has 0 unspecified atom stereocenters. The molecule has 3 N–H and O–H groups in total. The van der Waals surface area contributed by atoms with Crippen LogP contribution in [0.3, 0.4) is 0 Å². The van der Waals surface area contributed by atoms with Crippen molar-refractivity contribution in [3.63, 3.8) is 0 Å². The molecule has 0 aliphatic rings. The highest BCUT2D eigenvalue weighted by Crippen LogP contribution is 2.29. The van der Waals surface area contributed by atoms with Gasteiger partial charge in [-0.3, -0.25) is 9.97 Å². The molecular weight excluding hydrogens is 430 g/mol. The van der Waals surface area contributed by atoms with Gasteiger partial charge in [0.15, 0.2) is 5.82 Å². The van der Waals surface area contributed by atoms with E-state index in [1.165, 1.54) is 0 Å². The molecule has 0 saturated carbocycles. The molecule has 34 heavy (non-hydrogen) atoms. The van der Waals surface area contributed by atoms with Crippen molar-refractivity contribution < 1.29 is 4.74 Å². The minimum absolute atomic E-state index is 0.400. The van der Waals surface area contributed by atoms with E-state index < -0.39 is 0 Å². The van der Waals surface area contributed by atoms with Gasteiger partial charge >= 0.3 is 0 Å². The number of aromatic amines is 1. The van der Waals surface area contributed by atoms with Crippen LogP contribution in [0.1, 0.15) is 0 Å². The van der Waals surface area contributed by atoms with Crippen LogP contribution in [0.15, 0.2) is 85.3 Å². The van der Waals surface area contributed by atoms with E-state index >= 15 is 0 Å². The number of tetrazole rings is 1. The van der Waals surface area contributed by atoms with Gasteiger partial charge < -0.3 is 10.5 Å². The third-order valence-electron chi connectivity index (χ3n) is 5.29. The van der Waals surface area contributed by atoms with Crippen molar-refractivity contribution >= 4 is 16.7 Å². The SMILES string of the molecule is Nc1nn(-c2ccc(Oc3ccccc3)cc2)c2cc(-c3cncc(-c4nn[nH]n4)c3)ncc12. The molecule has 6 rings (SSSR count). The van der Waals surface area contributed by atoms with E-state index in [0.29, 0.717) is 11.6 Å². The van der Waals surface area contributed by atoms with Crippen LogP contribution in [-0.2, 0) is 0 Å². The number of nitrogens with one attached hydrogen (secondary N) is 1. The molecule has 4 aromatic heterocycles. The van der Waals surface area contributed by atoms with Gasteiger partial charge in [0.05, 0.1) is 22.3 Å². The quantitative estimate of drug-likeness (QED) is 0.404. The number of rotatable bonds is 5. The summed E-state index contributed by atoms with van der Waals surface area (Å²) in [5.74, 6) is 2.36. The Morgan fingerprint density at radius 1 is 0.853 bits per heavy atom. The highest BCUT2D eigenvalue weighted by Gasteiger charge is 2.14. The van der Waals surface area contributed by atoms with E-state index in [1.807, 2.05) is 66.7 Å². The summed E-state index contributed by atoms with van der Waals surface area (Å²) in [5.41, 5.74) is 10.1. The Labute approximate surface area is 193 Å². The fourth-order valence-electron chi connectivity index (χ4n) is 3.65. The minimum Gasteiger partial charge on any atom is -0.457 e. The molecule has 0 fully saturated rings. The summed E-state index contributed by atoms with van der Waals surface area (Å²) < 4.78 is 7.68. The number of para-hydroxylation sites is 1. The number of fused-ring (bicyclic) bond motifs is 1. The number of H-pyrrole nitrogens is 1. The highest BCUT2D eigenvalue weighted by molar-refractivity contribution is 5.91. The van der Waals surface area contributed by atoms with Gasteiger partial charge in [-0.2, -0.15) is 5.21 Å². The van der Waals surface area contributed by atoms with Gasteiger partial charge in [0, 0.05) is 29.7 Å². The topological polar surface area (TPSA) is 133 Å². The van der Waals surface area contributed by atoms with Crippen LogP contribution >= 0.6 is 0 Å². The second-order valence-corrected chi connectivity index (χ2v) is 7.49. The van der Waals surface area contributed by atoms with Gasteiger partial charge in [0.25, 0.3) is 0 Å². The Morgan fingerprint density at radius 2 is 1.65 bits per heavy atom. The number of benzene rings is 2. The summed E-state index contributed by atoms with van der Waals surface area (Å²) in [5, 5.41) is 19.4. The third kappa shape index (κ3) is 3.58. The molecule has 10 nitrogen and oxygen atoms in total. The molecule has 0 spiro atoms. The minimum atomic E-state index is 0.400. The summed E-state index contributed by atoms with van der Waals surface area (Å²) in [6, 6.07) is 21.1. The molecule has 4 heterocycles. The first-order valence-electron chi connectivity index (χ1n) is 10.4. The lowest BCUT2D eigenvalue weighted by Crippen LogP contribution is -1.97. The molecule has 0 saturated heterocycles. The van der Waals surface area contributed by atoms with Crippen LogP contribution < -0.4 is 10.5 Å². The maximum Gasteiger partial charge on any atom is 0.206 e. The zero-order chi connectivity index (χ0) is 22.9. The summed E-state index contributed by atoms with van der Waals surface area (Å²) in [6.07, 6.45) is 5.13. The van der Waals surface area contributed by atoms with Crippen molar-refractivity contribution in [3.8, 4) is 39.8 Å². The van der Waals surface area contributed by atoms with Gasteiger partial charge in [-0.05, 0) is 53.7 Å². The van der Waals surface area contributed by atoms with Gasteiger partial charge in [-0.15, -0.1) is 15.3 Å². The smallest absolute Gasteiger partial charge is 0.206 e. The van der Waals surface area contributed by atoms with E-state index in [4.69, 9.17) is 10.5 Å². The summed E-state index contributed by atoms with van der Waals surface area (Å²) in [6.45, 7) is 0. The van der Waals surface area contributed by atoms with Crippen molar-refractivity contribution in [3.05, 3.63) is 85.3 Å². The second-order valence-electron chi connectivity index (χ2n) is 7.49. The van der Waals surface area contributed by atoms with Crippen LogP contribution in [0.5, 0.6) is 11.5 Å². The summed E-state index contributed by atoms with van der Waals surface area (Å²) in [4.78, 5) is 8.88. The molecule has 0 amide bonds.